The molecule has 1 aromatic heterocycles. The molecule has 3 heterocycles. The minimum Gasteiger partial charge on any atom is -0.459 e. The number of furan rings is 1. The van der Waals surface area contributed by atoms with Crippen molar-refractivity contribution in [3.05, 3.63) is 47.4 Å². The van der Waals surface area contributed by atoms with Crippen molar-refractivity contribution in [3.8, 4) is 0 Å². The van der Waals surface area contributed by atoms with Crippen molar-refractivity contribution in [1.29, 1.82) is 0 Å². The second kappa shape index (κ2) is 4.48. The average Bonchev–Trinajstić information content (AvgIpc) is 3.13. The van der Waals surface area contributed by atoms with Crippen molar-refractivity contribution in [2.75, 3.05) is 16.8 Å². The molecule has 0 radical (unpaired) electrons. The number of benzene rings is 1. The summed E-state index contributed by atoms with van der Waals surface area (Å²) in [6.45, 7) is 0.747. The minimum absolute atomic E-state index is 0.202. The summed E-state index contributed by atoms with van der Waals surface area (Å²) in [7, 11) is 0. The Balaban J connectivity index is 1.67. The van der Waals surface area contributed by atoms with E-state index in [1.54, 1.807) is 12.1 Å². The molecule has 1 N–H and O–H groups in total. The van der Waals surface area contributed by atoms with E-state index in [-0.39, 0.29) is 11.8 Å². The Labute approximate surface area is 121 Å². The van der Waals surface area contributed by atoms with Gasteiger partial charge in [0.2, 0.25) is 5.91 Å². The number of hydrogen-bond acceptors (Lipinski definition) is 3. The first-order chi connectivity index (χ1) is 10.2. The van der Waals surface area contributed by atoms with Crippen molar-refractivity contribution >= 4 is 23.2 Å². The first-order valence-corrected chi connectivity index (χ1v) is 7.03. The van der Waals surface area contributed by atoms with Gasteiger partial charge in [0.25, 0.3) is 5.91 Å². The zero-order valence-corrected chi connectivity index (χ0v) is 11.4. The van der Waals surface area contributed by atoms with E-state index in [9.17, 15) is 9.59 Å². The smallest absolute Gasteiger partial charge is 0.291 e. The third-order valence-electron chi connectivity index (χ3n) is 4.05. The molecule has 2 aliphatic heterocycles. The number of amides is 2. The molecule has 0 fully saturated rings. The third kappa shape index (κ3) is 1.93. The number of aryl methyl sites for hydroxylation is 1. The van der Waals surface area contributed by atoms with Crippen molar-refractivity contribution in [1.82, 2.24) is 0 Å². The van der Waals surface area contributed by atoms with Crippen LogP contribution >= 0.6 is 0 Å². The first kappa shape index (κ1) is 12.2. The van der Waals surface area contributed by atoms with E-state index >= 15 is 0 Å². The Morgan fingerprint density at radius 3 is 2.76 bits per heavy atom. The van der Waals surface area contributed by atoms with Crippen LogP contribution in [0.3, 0.4) is 0 Å². The lowest BCUT2D eigenvalue weighted by Crippen LogP contribution is -2.32. The van der Waals surface area contributed by atoms with E-state index in [2.05, 4.69) is 5.32 Å². The fourth-order valence-electron chi connectivity index (χ4n) is 3.13. The van der Waals surface area contributed by atoms with Crippen LogP contribution < -0.4 is 10.2 Å². The number of hydrogen-bond donors (Lipinski definition) is 1. The highest BCUT2D eigenvalue weighted by molar-refractivity contribution is 6.03. The molecule has 106 valence electrons. The molecule has 0 unspecified atom stereocenters. The Morgan fingerprint density at radius 1 is 1.19 bits per heavy atom. The molecule has 5 heteroatoms. The largest absolute Gasteiger partial charge is 0.459 e. The summed E-state index contributed by atoms with van der Waals surface area (Å²) in [4.78, 5) is 25.8. The molecule has 1 aromatic carbocycles. The predicted octanol–water partition coefficient (Wildman–Crippen LogP) is 2.37. The van der Waals surface area contributed by atoms with Gasteiger partial charge in [-0.2, -0.15) is 0 Å². The van der Waals surface area contributed by atoms with Crippen LogP contribution in [0.15, 0.2) is 34.9 Å². The van der Waals surface area contributed by atoms with Gasteiger partial charge in [-0.1, -0.05) is 0 Å². The van der Waals surface area contributed by atoms with Crippen molar-refractivity contribution in [2.24, 2.45) is 0 Å². The Kier molecular flexibility index (Phi) is 2.60. The maximum absolute atomic E-state index is 12.0. The molecule has 5 nitrogen and oxygen atoms in total. The monoisotopic (exact) mass is 282 g/mol. The highest BCUT2D eigenvalue weighted by atomic mass is 16.3. The second-order valence-corrected chi connectivity index (χ2v) is 5.37. The third-order valence-corrected chi connectivity index (χ3v) is 4.05. The van der Waals surface area contributed by atoms with Crippen LogP contribution in [0.2, 0.25) is 0 Å². The first-order valence-electron chi connectivity index (χ1n) is 7.03. The molecule has 0 bridgehead atoms. The maximum atomic E-state index is 12.0. The highest BCUT2D eigenvalue weighted by Gasteiger charge is 2.31. The van der Waals surface area contributed by atoms with Gasteiger partial charge in [-0.25, -0.2) is 0 Å². The van der Waals surface area contributed by atoms with Crippen LogP contribution in [0.4, 0.5) is 11.4 Å². The van der Waals surface area contributed by atoms with Gasteiger partial charge in [-0.15, -0.1) is 0 Å². The van der Waals surface area contributed by atoms with E-state index in [0.717, 1.165) is 41.9 Å². The number of carbonyl (C=O) groups is 2. The topological polar surface area (TPSA) is 62.6 Å². The summed E-state index contributed by atoms with van der Waals surface area (Å²) in [6, 6.07) is 7.24. The predicted molar refractivity (Wildman–Crippen MR) is 77.5 cm³/mol. The van der Waals surface area contributed by atoms with Gasteiger partial charge in [-0.05, 0) is 48.2 Å². The fraction of sp³-hybridized carbons (Fsp3) is 0.250. The van der Waals surface area contributed by atoms with Crippen LogP contribution in [-0.2, 0) is 17.6 Å². The molecule has 2 aromatic rings. The molecule has 0 saturated heterocycles. The zero-order valence-electron chi connectivity index (χ0n) is 11.4. The number of carbonyl (C=O) groups excluding carboxylic acids is 2. The summed E-state index contributed by atoms with van der Waals surface area (Å²) in [5.74, 6) is 0.239. The summed E-state index contributed by atoms with van der Waals surface area (Å²) in [6.07, 6.45) is 3.60. The van der Waals surface area contributed by atoms with Crippen molar-refractivity contribution in [3.63, 3.8) is 0 Å². The Hall–Kier alpha value is -2.56. The average molecular weight is 282 g/mol. The molecule has 4 rings (SSSR count). The number of nitrogens with zero attached hydrogens (tertiary/aromatic N) is 1. The lowest BCUT2D eigenvalue weighted by atomic mass is 9.98. The van der Waals surface area contributed by atoms with Gasteiger partial charge in [-0.3, -0.25) is 9.59 Å². The van der Waals surface area contributed by atoms with Gasteiger partial charge in [0, 0.05) is 18.7 Å². The van der Waals surface area contributed by atoms with Crippen LogP contribution in [0, 0.1) is 0 Å². The number of nitrogens with one attached hydrogen (secondary N) is 1. The lowest BCUT2D eigenvalue weighted by molar-refractivity contribution is -0.118. The SMILES string of the molecule is O=C(Nc1cc2c3c(c1)CCN3C(=O)CC2)c1ccco1. The zero-order chi connectivity index (χ0) is 14.4. The quantitative estimate of drug-likeness (QED) is 0.919. The normalized spacial score (nSPS) is 16.0. The Morgan fingerprint density at radius 2 is 2.00 bits per heavy atom. The second-order valence-electron chi connectivity index (χ2n) is 5.37. The minimum atomic E-state index is -0.256. The molecular weight excluding hydrogens is 268 g/mol. The highest BCUT2D eigenvalue weighted by Crippen LogP contribution is 2.38. The molecule has 0 atom stereocenters. The van der Waals surface area contributed by atoms with Crippen LogP contribution in [0.25, 0.3) is 0 Å². The summed E-state index contributed by atoms with van der Waals surface area (Å²) >= 11 is 0. The molecular formula is C16H14N2O3. The number of anilines is 2. The van der Waals surface area contributed by atoms with E-state index in [4.69, 9.17) is 4.42 Å². The van der Waals surface area contributed by atoms with Gasteiger partial charge in [0.15, 0.2) is 5.76 Å². The van der Waals surface area contributed by atoms with Gasteiger partial charge < -0.3 is 14.6 Å². The molecule has 0 spiro atoms. The Bertz CT molecular complexity index is 734. The molecule has 21 heavy (non-hydrogen) atoms. The standard InChI is InChI=1S/C16H14N2O3/c19-14-4-3-10-8-12(9-11-5-6-18(14)15(10)11)17-16(20)13-2-1-7-21-13/h1-2,7-9H,3-6H2,(H,17,20). The summed E-state index contributed by atoms with van der Waals surface area (Å²) < 4.78 is 5.09. The molecule has 0 saturated carbocycles. The van der Waals surface area contributed by atoms with Crippen molar-refractivity contribution < 1.29 is 14.0 Å². The van der Waals surface area contributed by atoms with E-state index in [1.165, 1.54) is 6.26 Å². The molecule has 2 amide bonds. The molecule has 2 aliphatic rings. The van der Waals surface area contributed by atoms with Crippen LogP contribution in [0.1, 0.15) is 28.1 Å². The van der Waals surface area contributed by atoms with Gasteiger partial charge in [0.1, 0.15) is 0 Å². The van der Waals surface area contributed by atoms with Crippen molar-refractivity contribution in [2.45, 2.75) is 19.3 Å². The fourth-order valence-corrected chi connectivity index (χ4v) is 3.13. The van der Waals surface area contributed by atoms with E-state index in [0.29, 0.717) is 12.2 Å². The van der Waals surface area contributed by atoms with Crippen LogP contribution in [0.5, 0.6) is 0 Å². The molecule has 0 aliphatic carbocycles. The van der Waals surface area contributed by atoms with E-state index in [1.807, 2.05) is 17.0 Å². The van der Waals surface area contributed by atoms with Gasteiger partial charge in [0.05, 0.1) is 12.0 Å². The summed E-state index contributed by atoms with van der Waals surface area (Å²) in [5.41, 5.74) is 4.10. The van der Waals surface area contributed by atoms with E-state index < -0.39 is 0 Å². The van der Waals surface area contributed by atoms with Gasteiger partial charge >= 0.3 is 0 Å². The maximum Gasteiger partial charge on any atom is 0.291 e. The lowest BCUT2D eigenvalue weighted by Gasteiger charge is -2.25. The van der Waals surface area contributed by atoms with Crippen LogP contribution in [-0.4, -0.2) is 18.4 Å². The number of rotatable bonds is 2. The summed E-state index contributed by atoms with van der Waals surface area (Å²) in [5, 5.41) is 2.86.